The number of benzene rings is 2. The van der Waals surface area contributed by atoms with Crippen LogP contribution < -0.4 is 9.47 Å². The third-order valence-corrected chi connectivity index (χ3v) is 4.81. The lowest BCUT2D eigenvalue weighted by molar-refractivity contribution is 0.112. The molecular formula is C22H26FN3O2. The van der Waals surface area contributed by atoms with Crippen molar-refractivity contribution in [3.63, 3.8) is 0 Å². The first kappa shape index (κ1) is 20.1. The Morgan fingerprint density at radius 1 is 0.857 bits per heavy atom. The monoisotopic (exact) mass is 383 g/mol. The molecule has 1 aliphatic rings. The van der Waals surface area contributed by atoms with Crippen molar-refractivity contribution in [2.24, 2.45) is 0 Å². The summed E-state index contributed by atoms with van der Waals surface area (Å²) in [4.78, 5) is 4.84. The van der Waals surface area contributed by atoms with Crippen molar-refractivity contribution in [2.45, 2.75) is 6.42 Å². The molecule has 0 N–H and O–H groups in total. The quantitative estimate of drug-likeness (QED) is 0.623. The zero-order valence-corrected chi connectivity index (χ0v) is 16.0. The van der Waals surface area contributed by atoms with E-state index in [1.807, 2.05) is 12.1 Å². The smallest absolute Gasteiger partial charge is 0.123 e. The molecule has 0 amide bonds. The molecule has 28 heavy (non-hydrogen) atoms. The van der Waals surface area contributed by atoms with E-state index in [2.05, 4.69) is 15.9 Å². The summed E-state index contributed by atoms with van der Waals surface area (Å²) < 4.78 is 24.3. The number of rotatable bonds is 9. The fourth-order valence-electron chi connectivity index (χ4n) is 3.19. The van der Waals surface area contributed by atoms with Gasteiger partial charge < -0.3 is 14.4 Å². The van der Waals surface area contributed by atoms with Crippen molar-refractivity contribution >= 4 is 0 Å². The van der Waals surface area contributed by atoms with E-state index in [1.165, 1.54) is 12.1 Å². The third-order valence-electron chi connectivity index (χ3n) is 4.81. The topological polar surface area (TPSA) is 48.7 Å². The first-order valence-electron chi connectivity index (χ1n) is 9.69. The van der Waals surface area contributed by atoms with Crippen LogP contribution in [0.5, 0.6) is 11.5 Å². The van der Waals surface area contributed by atoms with Crippen molar-refractivity contribution in [3.8, 4) is 17.6 Å². The molecule has 2 aromatic carbocycles. The van der Waals surface area contributed by atoms with Gasteiger partial charge in [0.15, 0.2) is 0 Å². The molecule has 0 atom stereocenters. The summed E-state index contributed by atoms with van der Waals surface area (Å²) in [5, 5.41) is 8.91. The Morgan fingerprint density at radius 3 is 2.25 bits per heavy atom. The summed E-state index contributed by atoms with van der Waals surface area (Å²) in [5.41, 5.74) is 0.622. The highest BCUT2D eigenvalue weighted by Gasteiger charge is 2.16. The van der Waals surface area contributed by atoms with Crippen LogP contribution >= 0.6 is 0 Å². The van der Waals surface area contributed by atoms with Gasteiger partial charge in [-0.3, -0.25) is 4.90 Å². The van der Waals surface area contributed by atoms with Crippen molar-refractivity contribution in [1.82, 2.24) is 9.80 Å². The highest BCUT2D eigenvalue weighted by Crippen LogP contribution is 2.13. The fraction of sp³-hybridized carbons (Fsp3) is 0.409. The zero-order valence-electron chi connectivity index (χ0n) is 16.0. The molecule has 5 nitrogen and oxygen atoms in total. The average Bonchev–Trinajstić information content (AvgIpc) is 2.74. The van der Waals surface area contributed by atoms with Gasteiger partial charge in [0.25, 0.3) is 0 Å². The number of nitrogens with zero attached hydrogens (tertiary/aromatic N) is 3. The van der Waals surface area contributed by atoms with E-state index in [-0.39, 0.29) is 5.82 Å². The number of piperazine rings is 1. The molecule has 0 bridgehead atoms. The van der Waals surface area contributed by atoms with E-state index in [4.69, 9.17) is 14.7 Å². The number of hydrogen-bond donors (Lipinski definition) is 0. The Balaban J connectivity index is 1.26. The van der Waals surface area contributed by atoms with E-state index >= 15 is 0 Å². The minimum atomic E-state index is -0.246. The van der Waals surface area contributed by atoms with Gasteiger partial charge in [-0.1, -0.05) is 6.07 Å². The SMILES string of the molecule is N#Cc1cccc(OCCCN2CCN(CCOc3ccc(F)cc3)CC2)c1. The van der Waals surface area contributed by atoms with Crippen molar-refractivity contribution in [1.29, 1.82) is 5.26 Å². The van der Waals surface area contributed by atoms with Gasteiger partial charge in [0.1, 0.15) is 23.9 Å². The Kier molecular flexibility index (Phi) is 7.65. The maximum absolute atomic E-state index is 12.9. The third kappa shape index (κ3) is 6.52. The van der Waals surface area contributed by atoms with Crippen LogP contribution in [0.2, 0.25) is 0 Å². The molecule has 0 spiro atoms. The lowest BCUT2D eigenvalue weighted by Crippen LogP contribution is -2.47. The largest absolute Gasteiger partial charge is 0.494 e. The summed E-state index contributed by atoms with van der Waals surface area (Å²) in [6.45, 7) is 7.29. The van der Waals surface area contributed by atoms with E-state index in [0.29, 0.717) is 24.5 Å². The Morgan fingerprint density at radius 2 is 1.54 bits per heavy atom. The molecule has 3 rings (SSSR count). The second-order valence-electron chi connectivity index (χ2n) is 6.83. The summed E-state index contributed by atoms with van der Waals surface area (Å²) in [7, 11) is 0. The molecule has 1 saturated heterocycles. The lowest BCUT2D eigenvalue weighted by atomic mass is 10.2. The highest BCUT2D eigenvalue weighted by atomic mass is 19.1. The van der Waals surface area contributed by atoms with Crippen LogP contribution in [-0.4, -0.2) is 62.3 Å². The van der Waals surface area contributed by atoms with E-state index in [0.717, 1.165) is 51.4 Å². The van der Waals surface area contributed by atoms with Crippen LogP contribution in [0.15, 0.2) is 48.5 Å². The standard InChI is InChI=1S/C22H26FN3O2/c23-20-5-7-21(8-6-20)28-16-14-26-12-10-25(11-13-26)9-2-15-27-22-4-1-3-19(17-22)18-24/h1,3-8,17H,2,9-16H2. The number of nitriles is 1. The average molecular weight is 383 g/mol. The molecule has 0 unspecified atom stereocenters. The second kappa shape index (κ2) is 10.6. The van der Waals surface area contributed by atoms with Gasteiger partial charge >= 0.3 is 0 Å². The Hall–Kier alpha value is -2.62. The predicted octanol–water partition coefficient (Wildman–Crippen LogP) is 3.16. The van der Waals surface area contributed by atoms with Gasteiger partial charge in [0.05, 0.1) is 18.2 Å². The van der Waals surface area contributed by atoms with Crippen molar-refractivity contribution in [2.75, 3.05) is 52.5 Å². The zero-order chi connectivity index (χ0) is 19.6. The molecule has 0 saturated carbocycles. The number of hydrogen-bond acceptors (Lipinski definition) is 5. The summed E-state index contributed by atoms with van der Waals surface area (Å²) in [6, 6.07) is 15.5. The molecule has 1 fully saturated rings. The molecule has 1 aliphatic heterocycles. The first-order valence-corrected chi connectivity index (χ1v) is 9.69. The van der Waals surface area contributed by atoms with Crippen molar-refractivity contribution in [3.05, 3.63) is 59.9 Å². The highest BCUT2D eigenvalue weighted by molar-refractivity contribution is 5.36. The first-order chi connectivity index (χ1) is 13.7. The van der Waals surface area contributed by atoms with Crippen LogP contribution in [0.25, 0.3) is 0 Å². The predicted molar refractivity (Wildman–Crippen MR) is 106 cm³/mol. The number of halogens is 1. The van der Waals surface area contributed by atoms with Crippen LogP contribution in [0, 0.1) is 17.1 Å². The molecule has 0 aliphatic carbocycles. The minimum absolute atomic E-state index is 0.246. The molecule has 2 aromatic rings. The van der Waals surface area contributed by atoms with Gasteiger partial charge in [0, 0.05) is 39.3 Å². The minimum Gasteiger partial charge on any atom is -0.494 e. The van der Waals surface area contributed by atoms with Crippen LogP contribution in [-0.2, 0) is 0 Å². The van der Waals surface area contributed by atoms with E-state index < -0.39 is 0 Å². The van der Waals surface area contributed by atoms with Crippen LogP contribution in [0.1, 0.15) is 12.0 Å². The Bertz CT molecular complexity index is 768. The molecule has 148 valence electrons. The summed E-state index contributed by atoms with van der Waals surface area (Å²) in [6.07, 6.45) is 0.963. The van der Waals surface area contributed by atoms with Gasteiger partial charge in [0.2, 0.25) is 0 Å². The van der Waals surface area contributed by atoms with Gasteiger partial charge in [-0.15, -0.1) is 0 Å². The molecule has 0 aromatic heterocycles. The van der Waals surface area contributed by atoms with Crippen LogP contribution in [0.3, 0.4) is 0 Å². The lowest BCUT2D eigenvalue weighted by Gasteiger charge is -2.34. The normalized spacial score (nSPS) is 15.1. The van der Waals surface area contributed by atoms with E-state index in [9.17, 15) is 4.39 Å². The molecular weight excluding hydrogens is 357 g/mol. The molecule has 6 heteroatoms. The van der Waals surface area contributed by atoms with Gasteiger partial charge in [-0.25, -0.2) is 4.39 Å². The Labute approximate surface area is 165 Å². The fourth-order valence-corrected chi connectivity index (χ4v) is 3.19. The summed E-state index contributed by atoms with van der Waals surface area (Å²) in [5.74, 6) is 1.22. The maximum Gasteiger partial charge on any atom is 0.123 e. The van der Waals surface area contributed by atoms with Gasteiger partial charge in [-0.2, -0.15) is 5.26 Å². The van der Waals surface area contributed by atoms with E-state index in [1.54, 1.807) is 24.3 Å². The number of ether oxygens (including phenoxy) is 2. The maximum atomic E-state index is 12.9. The molecule has 1 heterocycles. The second-order valence-corrected chi connectivity index (χ2v) is 6.83. The van der Waals surface area contributed by atoms with Crippen LogP contribution in [0.4, 0.5) is 4.39 Å². The van der Waals surface area contributed by atoms with Crippen molar-refractivity contribution < 1.29 is 13.9 Å². The van der Waals surface area contributed by atoms with Gasteiger partial charge in [-0.05, 0) is 48.9 Å². The molecule has 0 radical (unpaired) electrons. The summed E-state index contributed by atoms with van der Waals surface area (Å²) >= 11 is 0.